The second kappa shape index (κ2) is 12.2. The van der Waals surface area contributed by atoms with Gasteiger partial charge in [0.25, 0.3) is 0 Å². The van der Waals surface area contributed by atoms with E-state index in [0.717, 1.165) is 24.3 Å². The summed E-state index contributed by atoms with van der Waals surface area (Å²) in [4.78, 5) is 4.90. The minimum Gasteiger partial charge on any atom is -0.508 e. The normalized spacial score (nSPS) is 14.6. The Hall–Kier alpha value is -5.50. The average Bonchev–Trinajstić information content (AvgIpc) is 3.65. The number of phenolic OH excluding ortho intramolecular Hbond substituents is 2. The van der Waals surface area contributed by atoms with E-state index in [1.165, 1.54) is 9.58 Å². The van der Waals surface area contributed by atoms with Crippen molar-refractivity contribution in [1.82, 2.24) is 40.6 Å². The van der Waals surface area contributed by atoms with Gasteiger partial charge in [0.05, 0.1) is 25.6 Å². The van der Waals surface area contributed by atoms with Gasteiger partial charge in [-0.3, -0.25) is 0 Å². The number of nitrogens with zero attached hydrogens (tertiary/aromatic N) is 11. The van der Waals surface area contributed by atoms with Crippen molar-refractivity contribution in [2.24, 2.45) is 10.2 Å². The number of hydrogen-bond acceptors (Lipinski definition) is 12. The number of anilines is 1. The second-order valence-electron chi connectivity index (χ2n) is 9.98. The van der Waals surface area contributed by atoms with Gasteiger partial charge in [0, 0.05) is 35.8 Å². The number of morpholine rings is 1. The lowest BCUT2D eigenvalue weighted by Crippen LogP contribution is -2.36. The first kappa shape index (κ1) is 27.7. The molecule has 0 bridgehead atoms. The van der Waals surface area contributed by atoms with Gasteiger partial charge in [0.15, 0.2) is 11.6 Å². The second-order valence-corrected chi connectivity index (χ2v) is 9.98. The Labute approximate surface area is 246 Å². The predicted octanol–water partition coefficient (Wildman–Crippen LogP) is 2.47. The van der Waals surface area contributed by atoms with Gasteiger partial charge < -0.3 is 19.8 Å². The largest absolute Gasteiger partial charge is 0.508 e. The predicted molar refractivity (Wildman–Crippen MR) is 158 cm³/mol. The minimum absolute atomic E-state index is 0.0702. The summed E-state index contributed by atoms with van der Waals surface area (Å²) < 4.78 is 5.50. The Bertz CT molecular complexity index is 1670. The fraction of sp³-hybridized carbons (Fsp3) is 0.241. The van der Waals surface area contributed by atoms with E-state index < -0.39 is 5.92 Å². The van der Waals surface area contributed by atoms with Crippen molar-refractivity contribution in [3.63, 3.8) is 0 Å². The summed E-state index contributed by atoms with van der Waals surface area (Å²) in [5.74, 6) is 0.675. The molecule has 1 fully saturated rings. The molecular formula is C29H29N11O3. The molecule has 0 radical (unpaired) electrons. The zero-order valence-electron chi connectivity index (χ0n) is 23.6. The number of tetrazole rings is 2. The number of aromatic nitrogens is 8. The van der Waals surface area contributed by atoms with E-state index in [1.54, 1.807) is 50.5 Å². The molecule has 218 valence electrons. The maximum absolute atomic E-state index is 11.2. The first-order valence-corrected chi connectivity index (χ1v) is 13.6. The van der Waals surface area contributed by atoms with Crippen LogP contribution in [-0.2, 0) is 4.74 Å². The van der Waals surface area contributed by atoms with Crippen LogP contribution in [0.5, 0.6) is 11.5 Å². The highest BCUT2D eigenvalue weighted by Crippen LogP contribution is 2.41. The summed E-state index contributed by atoms with van der Waals surface area (Å²) in [6.45, 7) is 6.49. The fourth-order valence-corrected chi connectivity index (χ4v) is 4.91. The van der Waals surface area contributed by atoms with Gasteiger partial charge in [0.1, 0.15) is 11.5 Å². The van der Waals surface area contributed by atoms with Crippen LogP contribution >= 0.6 is 0 Å². The summed E-state index contributed by atoms with van der Waals surface area (Å²) in [6, 6.07) is 18.5. The lowest BCUT2D eigenvalue weighted by Gasteiger charge is -2.29. The number of aryl methyl sites for hydroxylation is 2. The maximum atomic E-state index is 11.2. The van der Waals surface area contributed by atoms with E-state index in [9.17, 15) is 10.2 Å². The molecule has 14 heteroatoms. The van der Waals surface area contributed by atoms with E-state index >= 15 is 0 Å². The Kier molecular flexibility index (Phi) is 7.82. The SMILES string of the molecule is Cc1nnnn1N=Cc1ccc(O)c(C(c2ccc(N3CCOCC3)cc2)c2cc(C=Nn3nnnc3C)ccc2O)c1. The average molecular weight is 580 g/mol. The fourth-order valence-electron chi connectivity index (χ4n) is 4.91. The number of benzene rings is 3. The third-order valence-corrected chi connectivity index (χ3v) is 7.17. The number of ether oxygens (including phenoxy) is 1. The van der Waals surface area contributed by atoms with E-state index in [1.807, 2.05) is 24.3 Å². The van der Waals surface area contributed by atoms with Gasteiger partial charge in [0.2, 0.25) is 0 Å². The Morgan fingerprint density at radius 2 is 1.26 bits per heavy atom. The molecule has 0 spiro atoms. The molecule has 3 aromatic carbocycles. The lowest BCUT2D eigenvalue weighted by atomic mass is 9.83. The van der Waals surface area contributed by atoms with Crippen LogP contribution in [0.2, 0.25) is 0 Å². The van der Waals surface area contributed by atoms with Gasteiger partial charge in [-0.2, -0.15) is 10.2 Å². The summed E-state index contributed by atoms with van der Waals surface area (Å²) in [6.07, 6.45) is 3.23. The number of phenols is 2. The van der Waals surface area contributed by atoms with Crippen molar-refractivity contribution in [1.29, 1.82) is 0 Å². The van der Waals surface area contributed by atoms with Crippen LogP contribution in [-0.4, -0.2) is 89.6 Å². The van der Waals surface area contributed by atoms with Crippen LogP contribution in [0.4, 0.5) is 5.69 Å². The number of aromatic hydroxyl groups is 2. The number of rotatable bonds is 8. The summed E-state index contributed by atoms with van der Waals surface area (Å²) in [5, 5.41) is 53.6. The molecule has 0 saturated carbocycles. The molecule has 0 amide bonds. The Balaban J connectivity index is 1.42. The first-order chi connectivity index (χ1) is 21.0. The van der Waals surface area contributed by atoms with Crippen molar-refractivity contribution in [2.45, 2.75) is 19.8 Å². The van der Waals surface area contributed by atoms with Crippen molar-refractivity contribution >= 4 is 18.1 Å². The van der Waals surface area contributed by atoms with Crippen LogP contribution < -0.4 is 4.90 Å². The Morgan fingerprint density at radius 3 is 1.72 bits per heavy atom. The van der Waals surface area contributed by atoms with E-state index in [-0.39, 0.29) is 11.5 Å². The van der Waals surface area contributed by atoms with E-state index in [0.29, 0.717) is 47.1 Å². The van der Waals surface area contributed by atoms with Crippen molar-refractivity contribution in [3.8, 4) is 11.5 Å². The zero-order valence-corrected chi connectivity index (χ0v) is 23.6. The van der Waals surface area contributed by atoms with Crippen LogP contribution in [0.3, 0.4) is 0 Å². The third-order valence-electron chi connectivity index (χ3n) is 7.17. The van der Waals surface area contributed by atoms with Gasteiger partial charge >= 0.3 is 0 Å². The topological polar surface area (TPSA) is 165 Å². The molecule has 14 nitrogen and oxygen atoms in total. The summed E-state index contributed by atoms with van der Waals surface area (Å²) in [7, 11) is 0. The molecule has 2 aromatic heterocycles. The van der Waals surface area contributed by atoms with Crippen molar-refractivity contribution in [2.75, 3.05) is 31.2 Å². The molecule has 5 aromatic rings. The molecule has 43 heavy (non-hydrogen) atoms. The minimum atomic E-state index is -0.537. The first-order valence-electron chi connectivity index (χ1n) is 13.6. The van der Waals surface area contributed by atoms with E-state index in [2.05, 4.69) is 58.3 Å². The molecule has 0 atom stereocenters. The van der Waals surface area contributed by atoms with Gasteiger partial charge in [-0.1, -0.05) is 12.1 Å². The van der Waals surface area contributed by atoms with Gasteiger partial charge in [-0.15, -0.1) is 19.8 Å². The third kappa shape index (κ3) is 6.08. The van der Waals surface area contributed by atoms with Crippen LogP contribution in [0.25, 0.3) is 0 Å². The number of hydrogen-bond donors (Lipinski definition) is 2. The van der Waals surface area contributed by atoms with Crippen molar-refractivity contribution in [3.05, 3.63) is 100 Å². The van der Waals surface area contributed by atoms with E-state index in [4.69, 9.17) is 4.74 Å². The van der Waals surface area contributed by atoms with Crippen molar-refractivity contribution < 1.29 is 14.9 Å². The molecule has 0 unspecified atom stereocenters. The molecule has 1 saturated heterocycles. The smallest absolute Gasteiger partial charge is 0.173 e. The van der Waals surface area contributed by atoms with Crippen LogP contribution in [0, 0.1) is 13.8 Å². The summed E-state index contributed by atoms with van der Waals surface area (Å²) >= 11 is 0. The Morgan fingerprint density at radius 1 is 0.744 bits per heavy atom. The standard InChI is InChI=1S/C29H29N11O3/c1-19-32-34-36-39(19)30-17-21-3-9-27(41)25(15-21)29(23-5-7-24(8-6-23)38-11-13-43-14-12-38)26-16-22(4-10-28(26)42)18-31-40-20(2)33-35-37-40/h3-10,15-18,29,41-42H,11-14H2,1-2H3. The molecular weight excluding hydrogens is 550 g/mol. The highest BCUT2D eigenvalue weighted by molar-refractivity contribution is 5.82. The maximum Gasteiger partial charge on any atom is 0.173 e. The molecule has 1 aliphatic heterocycles. The molecule has 6 rings (SSSR count). The molecule has 1 aliphatic rings. The molecule has 2 N–H and O–H groups in total. The monoisotopic (exact) mass is 579 g/mol. The highest BCUT2D eigenvalue weighted by Gasteiger charge is 2.24. The molecule has 3 heterocycles. The van der Waals surface area contributed by atoms with Crippen LogP contribution in [0.15, 0.2) is 70.9 Å². The quantitative estimate of drug-likeness (QED) is 0.206. The molecule has 0 aliphatic carbocycles. The zero-order chi connectivity index (χ0) is 29.8. The highest BCUT2D eigenvalue weighted by atomic mass is 16.5. The van der Waals surface area contributed by atoms with Gasteiger partial charge in [-0.25, -0.2) is 0 Å². The summed E-state index contributed by atoms with van der Waals surface area (Å²) in [5.41, 5.74) is 4.54. The van der Waals surface area contributed by atoms with Gasteiger partial charge in [-0.05, 0) is 99.9 Å². The van der Waals surface area contributed by atoms with Crippen LogP contribution in [0.1, 0.15) is 45.4 Å². The lowest BCUT2D eigenvalue weighted by molar-refractivity contribution is 0.122.